The minimum atomic E-state index is -0.833. The number of rotatable bonds is 6. The summed E-state index contributed by atoms with van der Waals surface area (Å²) in [7, 11) is 0. The SMILES string of the molecule is CC(=O)O.CC(C)COc1ccc(Sc2ccc3[nH]cc(C4=CCN(C(C)(C)C)CC4)c3c2)cc1. The highest BCUT2D eigenvalue weighted by Crippen LogP contribution is 2.35. The minimum absolute atomic E-state index is 0.224. The number of benzene rings is 2. The molecule has 0 radical (unpaired) electrons. The van der Waals surface area contributed by atoms with E-state index in [1.165, 1.54) is 31.8 Å². The van der Waals surface area contributed by atoms with Gasteiger partial charge in [0.1, 0.15) is 5.75 Å². The summed E-state index contributed by atoms with van der Waals surface area (Å²) in [6, 6.07) is 15.2. The number of carboxylic acids is 1. The van der Waals surface area contributed by atoms with Crippen LogP contribution in [0.15, 0.2) is 64.5 Å². The van der Waals surface area contributed by atoms with Gasteiger partial charge < -0.3 is 14.8 Å². The fourth-order valence-electron chi connectivity index (χ4n) is 3.95. The summed E-state index contributed by atoms with van der Waals surface area (Å²) in [6.07, 6.45) is 5.69. The quantitative estimate of drug-likeness (QED) is 0.375. The second-order valence-electron chi connectivity index (χ2n) is 10.3. The van der Waals surface area contributed by atoms with Gasteiger partial charge in [-0.3, -0.25) is 9.69 Å². The lowest BCUT2D eigenvalue weighted by molar-refractivity contribution is -0.134. The van der Waals surface area contributed by atoms with Gasteiger partial charge in [-0.25, -0.2) is 0 Å². The zero-order valence-corrected chi connectivity index (χ0v) is 22.5. The van der Waals surface area contributed by atoms with Crippen molar-refractivity contribution in [3.05, 3.63) is 60.3 Å². The number of aliphatic carboxylic acids is 1. The number of ether oxygens (including phenoxy) is 1. The van der Waals surface area contributed by atoms with E-state index < -0.39 is 5.97 Å². The average Bonchev–Trinajstić information content (AvgIpc) is 3.21. The molecule has 6 heteroatoms. The van der Waals surface area contributed by atoms with E-state index in [1.54, 1.807) is 11.8 Å². The second-order valence-corrected chi connectivity index (χ2v) is 11.5. The Bertz CT molecular complexity index is 1150. The molecule has 0 bridgehead atoms. The van der Waals surface area contributed by atoms with E-state index in [0.29, 0.717) is 5.92 Å². The van der Waals surface area contributed by atoms with Crippen LogP contribution in [0.5, 0.6) is 5.75 Å². The zero-order valence-electron chi connectivity index (χ0n) is 21.7. The van der Waals surface area contributed by atoms with E-state index in [9.17, 15) is 0 Å². The van der Waals surface area contributed by atoms with Gasteiger partial charge in [0.25, 0.3) is 5.97 Å². The third-order valence-electron chi connectivity index (χ3n) is 5.80. The Morgan fingerprint density at radius 3 is 2.37 bits per heavy atom. The van der Waals surface area contributed by atoms with Crippen molar-refractivity contribution in [2.45, 2.75) is 63.3 Å². The van der Waals surface area contributed by atoms with Crippen molar-refractivity contribution in [1.29, 1.82) is 0 Å². The third-order valence-corrected chi connectivity index (χ3v) is 6.80. The van der Waals surface area contributed by atoms with Crippen molar-refractivity contribution >= 4 is 34.2 Å². The fraction of sp³-hybridized carbons (Fsp3) is 0.414. The lowest BCUT2D eigenvalue weighted by Gasteiger charge is -2.37. The van der Waals surface area contributed by atoms with Crippen LogP contribution in [-0.2, 0) is 4.79 Å². The lowest BCUT2D eigenvalue weighted by atomic mass is 9.96. The molecule has 3 aromatic rings. The lowest BCUT2D eigenvalue weighted by Crippen LogP contribution is -2.43. The number of carboxylic acid groups (broad SMARTS) is 1. The summed E-state index contributed by atoms with van der Waals surface area (Å²) in [5.41, 5.74) is 4.24. The Balaban J connectivity index is 0.000000795. The van der Waals surface area contributed by atoms with Gasteiger partial charge in [0.2, 0.25) is 0 Å². The van der Waals surface area contributed by atoms with Crippen LogP contribution in [0.25, 0.3) is 16.5 Å². The van der Waals surface area contributed by atoms with E-state index in [1.807, 2.05) is 0 Å². The molecule has 1 aromatic heterocycles. The van der Waals surface area contributed by atoms with Gasteiger partial charge in [-0.2, -0.15) is 0 Å². The van der Waals surface area contributed by atoms with Crippen LogP contribution >= 0.6 is 11.8 Å². The highest BCUT2D eigenvalue weighted by molar-refractivity contribution is 7.99. The van der Waals surface area contributed by atoms with E-state index in [-0.39, 0.29) is 5.54 Å². The van der Waals surface area contributed by atoms with E-state index in [0.717, 1.165) is 38.8 Å². The van der Waals surface area contributed by atoms with Crippen LogP contribution < -0.4 is 4.74 Å². The van der Waals surface area contributed by atoms with Gasteiger partial charge in [0, 0.05) is 58.0 Å². The Morgan fingerprint density at radius 2 is 1.80 bits per heavy atom. The smallest absolute Gasteiger partial charge is 0.300 e. The van der Waals surface area contributed by atoms with Crippen LogP contribution in [0.3, 0.4) is 0 Å². The van der Waals surface area contributed by atoms with Gasteiger partial charge in [-0.1, -0.05) is 31.7 Å². The number of H-pyrrole nitrogens is 1. The molecule has 1 aliphatic rings. The molecule has 0 amide bonds. The van der Waals surface area contributed by atoms with Crippen LogP contribution in [0.1, 0.15) is 53.5 Å². The number of aromatic amines is 1. The van der Waals surface area contributed by atoms with Gasteiger partial charge in [0.05, 0.1) is 6.61 Å². The van der Waals surface area contributed by atoms with E-state index in [4.69, 9.17) is 14.6 Å². The number of hydrogen-bond acceptors (Lipinski definition) is 4. The number of fused-ring (bicyclic) bond motifs is 1. The number of carbonyl (C=O) groups is 1. The molecule has 2 aromatic carbocycles. The van der Waals surface area contributed by atoms with Gasteiger partial charge >= 0.3 is 0 Å². The van der Waals surface area contributed by atoms with Crippen molar-refractivity contribution in [3.63, 3.8) is 0 Å². The Labute approximate surface area is 213 Å². The molecule has 0 fully saturated rings. The molecule has 0 saturated heterocycles. The molecular weight excluding hydrogens is 456 g/mol. The summed E-state index contributed by atoms with van der Waals surface area (Å²) in [5, 5.41) is 8.73. The van der Waals surface area contributed by atoms with Crippen molar-refractivity contribution < 1.29 is 14.6 Å². The van der Waals surface area contributed by atoms with Crippen LogP contribution in [0.2, 0.25) is 0 Å². The summed E-state index contributed by atoms with van der Waals surface area (Å²) < 4.78 is 5.81. The van der Waals surface area contributed by atoms with E-state index in [2.05, 4.69) is 99.2 Å². The van der Waals surface area contributed by atoms with Crippen LogP contribution in [0, 0.1) is 5.92 Å². The normalized spacial score (nSPS) is 14.4. The van der Waals surface area contributed by atoms with Crippen LogP contribution in [0.4, 0.5) is 0 Å². The molecular formula is C29H38N2O3S. The number of hydrogen-bond donors (Lipinski definition) is 2. The first-order valence-electron chi connectivity index (χ1n) is 12.2. The summed E-state index contributed by atoms with van der Waals surface area (Å²) in [6.45, 7) is 15.2. The van der Waals surface area contributed by atoms with Crippen LogP contribution in [-0.4, -0.2) is 46.2 Å². The predicted octanol–water partition coefficient (Wildman–Crippen LogP) is 7.33. The molecule has 2 N–H and O–H groups in total. The van der Waals surface area contributed by atoms with Gasteiger partial charge in [-0.15, -0.1) is 0 Å². The first kappa shape index (κ1) is 26.9. The average molecular weight is 495 g/mol. The van der Waals surface area contributed by atoms with Crippen molar-refractivity contribution in [3.8, 4) is 5.75 Å². The topological polar surface area (TPSA) is 65.6 Å². The molecule has 0 unspecified atom stereocenters. The molecule has 2 heterocycles. The molecule has 1 aliphatic heterocycles. The number of nitrogens with one attached hydrogen (secondary N) is 1. The molecule has 0 saturated carbocycles. The summed E-state index contributed by atoms with van der Waals surface area (Å²) in [5.74, 6) is 0.641. The summed E-state index contributed by atoms with van der Waals surface area (Å²) in [4.78, 5) is 17.5. The van der Waals surface area contributed by atoms with E-state index >= 15 is 0 Å². The first-order chi connectivity index (χ1) is 16.5. The Kier molecular flexibility index (Phi) is 9.09. The molecule has 188 valence electrons. The first-order valence-corrected chi connectivity index (χ1v) is 13.0. The molecule has 0 spiro atoms. The van der Waals surface area contributed by atoms with Gasteiger partial charge in [-0.05, 0) is 81.1 Å². The minimum Gasteiger partial charge on any atom is -0.493 e. The predicted molar refractivity (Wildman–Crippen MR) is 146 cm³/mol. The van der Waals surface area contributed by atoms with Crippen molar-refractivity contribution in [2.24, 2.45) is 5.92 Å². The highest BCUT2D eigenvalue weighted by atomic mass is 32.2. The highest BCUT2D eigenvalue weighted by Gasteiger charge is 2.24. The maximum absolute atomic E-state index is 9.00. The third kappa shape index (κ3) is 7.91. The maximum Gasteiger partial charge on any atom is 0.300 e. The maximum atomic E-state index is 9.00. The standard InChI is InChI=1S/C27H34N2OS.C2H4O2/c1-19(2)18-30-21-6-8-22(9-7-21)31-23-10-11-26-24(16-23)25(17-28-26)20-12-14-29(15-13-20)27(3,4)5;1-2(3)4/h6-12,16-17,19,28H,13-15,18H2,1-5H3;1H3,(H,3,4). The number of nitrogens with zero attached hydrogens (tertiary/aromatic N) is 1. The molecule has 0 aliphatic carbocycles. The molecule has 35 heavy (non-hydrogen) atoms. The molecule has 4 rings (SSSR count). The fourth-order valence-corrected chi connectivity index (χ4v) is 4.81. The van der Waals surface area contributed by atoms with Crippen molar-refractivity contribution in [2.75, 3.05) is 19.7 Å². The number of aromatic nitrogens is 1. The molecule has 0 atom stereocenters. The molecule has 5 nitrogen and oxygen atoms in total. The zero-order chi connectivity index (χ0) is 25.6. The monoisotopic (exact) mass is 494 g/mol. The Hall–Kier alpha value is -2.70. The Morgan fingerprint density at radius 1 is 1.14 bits per heavy atom. The summed E-state index contributed by atoms with van der Waals surface area (Å²) >= 11 is 1.80. The van der Waals surface area contributed by atoms with Gasteiger partial charge in [0.15, 0.2) is 0 Å². The second kappa shape index (κ2) is 11.8. The van der Waals surface area contributed by atoms with Crippen molar-refractivity contribution in [1.82, 2.24) is 9.88 Å². The largest absolute Gasteiger partial charge is 0.493 e.